The van der Waals surface area contributed by atoms with Crippen LogP contribution in [-0.4, -0.2) is 37.0 Å². The number of hydrogen-bond donors (Lipinski definition) is 0. The van der Waals surface area contributed by atoms with Crippen molar-refractivity contribution in [3.8, 4) is 0 Å². The highest BCUT2D eigenvalue weighted by Gasteiger charge is 2.20. The largest absolute Gasteiger partial charge is 0.368 e. The number of morpholine rings is 1. The Morgan fingerprint density at radius 3 is 2.42 bits per heavy atom. The van der Waals surface area contributed by atoms with Gasteiger partial charge >= 0.3 is 0 Å². The normalized spacial score (nSPS) is 30.8. The van der Waals surface area contributed by atoms with Crippen molar-refractivity contribution in [3.05, 3.63) is 0 Å². The summed E-state index contributed by atoms with van der Waals surface area (Å²) in [5, 5.41) is 0. The number of rotatable bonds is 1. The van der Waals surface area contributed by atoms with E-state index in [-0.39, 0.29) is 0 Å². The van der Waals surface area contributed by atoms with Crippen molar-refractivity contribution in [3.63, 3.8) is 0 Å². The van der Waals surface area contributed by atoms with Crippen molar-refractivity contribution < 1.29 is 4.74 Å². The standard InChI is InChI=1S/C7H16NOP.C2H6/c1-3-6-4-8(2)5-7(10)9-6;1-2/h6-7H,3-5,10H2,1-2H3;1-2H3. The molecule has 1 heterocycles. The molecule has 0 aromatic carbocycles. The van der Waals surface area contributed by atoms with E-state index in [1.54, 1.807) is 0 Å². The van der Waals surface area contributed by atoms with E-state index in [2.05, 4.69) is 28.1 Å². The van der Waals surface area contributed by atoms with Crippen molar-refractivity contribution >= 4 is 9.24 Å². The molecule has 1 rings (SSSR count). The van der Waals surface area contributed by atoms with Gasteiger partial charge in [0.25, 0.3) is 0 Å². The summed E-state index contributed by atoms with van der Waals surface area (Å²) in [4.78, 5) is 2.31. The molecule has 0 aliphatic carbocycles. The number of ether oxygens (including phenoxy) is 1. The summed E-state index contributed by atoms with van der Waals surface area (Å²) in [6, 6.07) is 0. The summed E-state index contributed by atoms with van der Waals surface area (Å²) in [6.07, 6.45) is 1.57. The highest BCUT2D eigenvalue weighted by Crippen LogP contribution is 2.15. The van der Waals surface area contributed by atoms with Crippen molar-refractivity contribution in [2.75, 3.05) is 20.1 Å². The Morgan fingerprint density at radius 1 is 1.42 bits per heavy atom. The molecule has 1 aliphatic heterocycles. The van der Waals surface area contributed by atoms with Crippen LogP contribution in [-0.2, 0) is 4.74 Å². The zero-order valence-corrected chi connectivity index (χ0v) is 9.86. The van der Waals surface area contributed by atoms with Gasteiger partial charge < -0.3 is 9.64 Å². The van der Waals surface area contributed by atoms with Crippen LogP contribution >= 0.6 is 9.24 Å². The summed E-state index contributed by atoms with van der Waals surface area (Å²) in [6.45, 7) is 8.30. The van der Waals surface area contributed by atoms with Crippen molar-refractivity contribution in [1.29, 1.82) is 0 Å². The van der Waals surface area contributed by atoms with E-state index >= 15 is 0 Å². The van der Waals surface area contributed by atoms with Gasteiger partial charge in [0.15, 0.2) is 0 Å². The summed E-state index contributed by atoms with van der Waals surface area (Å²) in [7, 11) is 4.86. The maximum absolute atomic E-state index is 5.63. The lowest BCUT2D eigenvalue weighted by molar-refractivity contribution is -0.0389. The summed E-state index contributed by atoms with van der Waals surface area (Å²) in [5.74, 6) is 0.337. The van der Waals surface area contributed by atoms with Gasteiger partial charge in [0.1, 0.15) is 0 Å². The molecule has 0 saturated carbocycles. The fourth-order valence-corrected chi connectivity index (χ4v) is 1.87. The van der Waals surface area contributed by atoms with Crippen LogP contribution < -0.4 is 0 Å². The van der Waals surface area contributed by atoms with Gasteiger partial charge in [-0.15, -0.1) is 9.24 Å². The quantitative estimate of drug-likeness (QED) is 0.587. The summed E-state index contributed by atoms with van der Waals surface area (Å²) in [5.41, 5.74) is 0. The Balaban J connectivity index is 0.000000561. The SMILES string of the molecule is CC.CCC1CN(C)CC(P)O1. The van der Waals surface area contributed by atoms with E-state index < -0.39 is 0 Å². The molecule has 0 spiro atoms. The Bertz CT molecular complexity index is 101. The molecule has 1 saturated heterocycles. The predicted molar refractivity (Wildman–Crippen MR) is 57.5 cm³/mol. The summed E-state index contributed by atoms with van der Waals surface area (Å²) >= 11 is 0. The zero-order valence-electron chi connectivity index (χ0n) is 8.71. The minimum atomic E-state index is 0.337. The third-order valence-electron chi connectivity index (χ3n) is 1.83. The van der Waals surface area contributed by atoms with Crippen LogP contribution in [0.15, 0.2) is 0 Å². The van der Waals surface area contributed by atoms with Crippen molar-refractivity contribution in [1.82, 2.24) is 4.90 Å². The molecule has 0 aromatic heterocycles. The molecule has 12 heavy (non-hydrogen) atoms. The first-order chi connectivity index (χ1) is 5.72. The smallest absolute Gasteiger partial charge is 0.0838 e. The maximum Gasteiger partial charge on any atom is 0.0838 e. The Hall–Kier alpha value is 0.350. The lowest BCUT2D eigenvalue weighted by Crippen LogP contribution is -2.42. The molecule has 0 bridgehead atoms. The average molecular weight is 191 g/mol. The van der Waals surface area contributed by atoms with E-state index in [0.29, 0.717) is 11.9 Å². The van der Waals surface area contributed by atoms with Gasteiger partial charge in [0.2, 0.25) is 0 Å². The topological polar surface area (TPSA) is 12.5 Å². The molecule has 0 N–H and O–H groups in total. The van der Waals surface area contributed by atoms with Crippen LogP contribution in [0.25, 0.3) is 0 Å². The second kappa shape index (κ2) is 6.82. The number of nitrogens with zero attached hydrogens (tertiary/aromatic N) is 1. The van der Waals surface area contributed by atoms with E-state index in [0.717, 1.165) is 19.5 Å². The Kier molecular flexibility index (Phi) is 7.02. The first-order valence-corrected chi connectivity index (χ1v) is 5.48. The molecule has 0 amide bonds. The molecule has 3 atom stereocenters. The second-order valence-electron chi connectivity index (χ2n) is 2.93. The fourth-order valence-electron chi connectivity index (χ4n) is 1.29. The minimum Gasteiger partial charge on any atom is -0.368 e. The zero-order chi connectivity index (χ0) is 9.56. The minimum absolute atomic E-state index is 0.337. The van der Waals surface area contributed by atoms with Crippen LogP contribution in [0.3, 0.4) is 0 Å². The molecular weight excluding hydrogens is 169 g/mol. The molecule has 3 unspecified atom stereocenters. The van der Waals surface area contributed by atoms with Crippen LogP contribution in [0.5, 0.6) is 0 Å². The van der Waals surface area contributed by atoms with Crippen LogP contribution in [0.2, 0.25) is 0 Å². The molecule has 0 aromatic rings. The van der Waals surface area contributed by atoms with E-state index in [1.807, 2.05) is 13.8 Å². The van der Waals surface area contributed by atoms with Gasteiger partial charge in [0.05, 0.1) is 11.9 Å². The first kappa shape index (κ1) is 12.3. The van der Waals surface area contributed by atoms with Crippen molar-refractivity contribution in [2.45, 2.75) is 39.1 Å². The fraction of sp³-hybridized carbons (Fsp3) is 1.00. The van der Waals surface area contributed by atoms with Gasteiger partial charge in [-0.2, -0.15) is 0 Å². The Labute approximate surface area is 78.9 Å². The van der Waals surface area contributed by atoms with Crippen molar-refractivity contribution in [2.24, 2.45) is 0 Å². The highest BCUT2D eigenvalue weighted by atomic mass is 31.0. The maximum atomic E-state index is 5.63. The van der Waals surface area contributed by atoms with Gasteiger partial charge in [-0.1, -0.05) is 20.8 Å². The second-order valence-corrected chi connectivity index (χ2v) is 3.67. The monoisotopic (exact) mass is 191 g/mol. The molecule has 3 heteroatoms. The van der Waals surface area contributed by atoms with Gasteiger partial charge in [-0.25, -0.2) is 0 Å². The molecular formula is C9H22NOP. The lowest BCUT2D eigenvalue weighted by atomic mass is 10.2. The van der Waals surface area contributed by atoms with Gasteiger partial charge in [0, 0.05) is 13.1 Å². The average Bonchev–Trinajstić information content (AvgIpc) is 2.06. The number of hydrogen-bond acceptors (Lipinski definition) is 2. The molecule has 0 radical (unpaired) electrons. The molecule has 2 nitrogen and oxygen atoms in total. The Morgan fingerprint density at radius 2 is 2.00 bits per heavy atom. The predicted octanol–water partition coefficient (Wildman–Crippen LogP) is 1.95. The van der Waals surface area contributed by atoms with Crippen LogP contribution in [0.4, 0.5) is 0 Å². The first-order valence-electron chi connectivity index (χ1n) is 4.82. The highest BCUT2D eigenvalue weighted by molar-refractivity contribution is 7.17. The molecule has 1 aliphatic rings. The van der Waals surface area contributed by atoms with Crippen LogP contribution in [0, 0.1) is 0 Å². The molecule has 74 valence electrons. The van der Waals surface area contributed by atoms with Gasteiger partial charge in [-0.05, 0) is 13.5 Å². The number of likely N-dealkylation sites (N-methyl/N-ethyl adjacent to an activating group) is 1. The van der Waals surface area contributed by atoms with E-state index in [9.17, 15) is 0 Å². The third-order valence-corrected chi connectivity index (χ3v) is 2.20. The van der Waals surface area contributed by atoms with Gasteiger partial charge in [-0.3, -0.25) is 0 Å². The van der Waals surface area contributed by atoms with Crippen LogP contribution in [0.1, 0.15) is 27.2 Å². The lowest BCUT2D eigenvalue weighted by Gasteiger charge is -2.33. The molecule has 1 fully saturated rings. The van der Waals surface area contributed by atoms with E-state index in [4.69, 9.17) is 4.74 Å². The summed E-state index contributed by atoms with van der Waals surface area (Å²) < 4.78 is 5.63. The third kappa shape index (κ3) is 4.39. The van der Waals surface area contributed by atoms with E-state index in [1.165, 1.54) is 0 Å².